The molecule has 2 aromatic heterocycles. The first kappa shape index (κ1) is 14.9. The van der Waals surface area contributed by atoms with Crippen LogP contribution in [0.15, 0.2) is 24.3 Å². The van der Waals surface area contributed by atoms with E-state index in [1.54, 1.807) is 11.3 Å². The fraction of sp³-hybridized carbons (Fsp3) is 0.333. The van der Waals surface area contributed by atoms with Crippen LogP contribution < -0.4 is 5.32 Å². The fourth-order valence-corrected chi connectivity index (χ4v) is 4.51. The predicted octanol–water partition coefficient (Wildman–Crippen LogP) is 5.13. The molecule has 0 bridgehead atoms. The van der Waals surface area contributed by atoms with Crippen LogP contribution >= 0.6 is 34.7 Å². The van der Waals surface area contributed by atoms with Gasteiger partial charge in [0.05, 0.1) is 16.8 Å². The molecule has 0 aliphatic rings. The highest BCUT2D eigenvalue weighted by Gasteiger charge is 2.16. The monoisotopic (exact) mass is 337 g/mol. The Morgan fingerprint density at radius 3 is 2.81 bits per heavy atom. The van der Waals surface area contributed by atoms with Crippen LogP contribution in [-0.4, -0.2) is 15.3 Å². The number of nitrogens with zero attached hydrogens (tertiary/aromatic N) is 2. The number of aromatic nitrogens is 2. The van der Waals surface area contributed by atoms with Gasteiger partial charge in [-0.3, -0.25) is 0 Å². The minimum atomic E-state index is 0.403. The molecule has 3 rings (SSSR count). The zero-order chi connectivity index (χ0) is 14.8. The van der Waals surface area contributed by atoms with Crippen LogP contribution in [0.25, 0.3) is 21.5 Å². The predicted molar refractivity (Wildman–Crippen MR) is 92.4 cm³/mol. The highest BCUT2D eigenvalue weighted by Crippen LogP contribution is 2.39. The van der Waals surface area contributed by atoms with Gasteiger partial charge in [0.15, 0.2) is 0 Å². The summed E-state index contributed by atoms with van der Waals surface area (Å²) in [5.74, 6) is 0. The molecule has 21 heavy (non-hydrogen) atoms. The molecular formula is C15H16ClN3S2. The summed E-state index contributed by atoms with van der Waals surface area (Å²) in [5.41, 5.74) is 2.82. The molecule has 1 atom stereocenters. The first-order valence-electron chi connectivity index (χ1n) is 6.98. The van der Waals surface area contributed by atoms with Crippen LogP contribution in [-0.2, 0) is 0 Å². The average molecular weight is 338 g/mol. The molecule has 2 heterocycles. The van der Waals surface area contributed by atoms with Crippen LogP contribution in [0.3, 0.4) is 0 Å². The van der Waals surface area contributed by atoms with Gasteiger partial charge in [0.25, 0.3) is 0 Å². The Balaban J connectivity index is 2.05. The van der Waals surface area contributed by atoms with Crippen molar-refractivity contribution in [2.75, 3.05) is 6.54 Å². The highest BCUT2D eigenvalue weighted by atomic mass is 35.5. The van der Waals surface area contributed by atoms with E-state index in [0.29, 0.717) is 6.04 Å². The molecule has 1 unspecified atom stereocenters. The van der Waals surface area contributed by atoms with E-state index in [4.69, 9.17) is 11.6 Å². The van der Waals surface area contributed by atoms with Crippen LogP contribution in [0.1, 0.15) is 31.2 Å². The van der Waals surface area contributed by atoms with E-state index >= 15 is 0 Å². The summed E-state index contributed by atoms with van der Waals surface area (Å²) in [4.78, 5) is 2.50. The van der Waals surface area contributed by atoms with Crippen molar-refractivity contribution < 1.29 is 0 Å². The number of hydrogen-bond acceptors (Lipinski definition) is 5. The zero-order valence-electron chi connectivity index (χ0n) is 11.9. The fourth-order valence-electron chi connectivity index (χ4n) is 2.43. The molecule has 0 spiro atoms. The maximum atomic E-state index is 6.41. The number of halogens is 1. The summed E-state index contributed by atoms with van der Waals surface area (Å²) in [6.07, 6.45) is 1.07. The van der Waals surface area contributed by atoms with Gasteiger partial charge in [-0.2, -0.15) is 8.75 Å². The number of benzene rings is 1. The summed E-state index contributed by atoms with van der Waals surface area (Å²) in [7, 11) is 0. The lowest BCUT2D eigenvalue weighted by Crippen LogP contribution is -2.18. The number of hydrogen-bond donors (Lipinski definition) is 1. The van der Waals surface area contributed by atoms with Gasteiger partial charge in [0.2, 0.25) is 0 Å². The van der Waals surface area contributed by atoms with E-state index in [1.165, 1.54) is 16.6 Å². The van der Waals surface area contributed by atoms with Crippen molar-refractivity contribution in [1.29, 1.82) is 0 Å². The molecule has 6 heteroatoms. The van der Waals surface area contributed by atoms with E-state index in [0.717, 1.165) is 39.5 Å². The Kier molecular flexibility index (Phi) is 4.54. The van der Waals surface area contributed by atoms with Gasteiger partial charge in [-0.05, 0) is 37.2 Å². The topological polar surface area (TPSA) is 37.8 Å². The van der Waals surface area contributed by atoms with Gasteiger partial charge in [0, 0.05) is 21.4 Å². The summed E-state index contributed by atoms with van der Waals surface area (Å²) in [5, 5.41) is 4.25. The first-order chi connectivity index (χ1) is 10.2. The minimum absolute atomic E-state index is 0.403. The number of nitrogens with one attached hydrogen (secondary N) is 1. The standard InChI is InChI=1S/C15H16ClN3S2/c1-3-10(17-4-2)12-7-8-13(20-12)14-9(16)5-6-11-15(14)19-21-18-11/h5-8,10,17H,3-4H2,1-2H3. The van der Waals surface area contributed by atoms with E-state index in [9.17, 15) is 0 Å². The van der Waals surface area contributed by atoms with E-state index in [-0.39, 0.29) is 0 Å². The minimum Gasteiger partial charge on any atom is -0.310 e. The lowest BCUT2D eigenvalue weighted by Gasteiger charge is -2.13. The molecule has 0 saturated carbocycles. The van der Waals surface area contributed by atoms with Crippen LogP contribution in [0.5, 0.6) is 0 Å². The summed E-state index contributed by atoms with van der Waals surface area (Å²) in [6, 6.07) is 8.56. The molecule has 0 radical (unpaired) electrons. The quantitative estimate of drug-likeness (QED) is 0.701. The number of rotatable bonds is 5. The second kappa shape index (κ2) is 6.40. The van der Waals surface area contributed by atoms with Gasteiger partial charge in [0.1, 0.15) is 11.0 Å². The molecule has 0 aliphatic carbocycles. The van der Waals surface area contributed by atoms with Crippen molar-refractivity contribution >= 4 is 45.7 Å². The maximum Gasteiger partial charge on any atom is 0.114 e. The van der Waals surface area contributed by atoms with Crippen LogP contribution in [0.4, 0.5) is 0 Å². The third kappa shape index (κ3) is 2.83. The molecule has 110 valence electrons. The van der Waals surface area contributed by atoms with Crippen molar-refractivity contribution in [2.45, 2.75) is 26.3 Å². The molecular weight excluding hydrogens is 322 g/mol. The second-order valence-corrected chi connectivity index (χ2v) is 6.83. The maximum absolute atomic E-state index is 6.41. The van der Waals surface area contributed by atoms with Crippen molar-refractivity contribution in [2.24, 2.45) is 0 Å². The van der Waals surface area contributed by atoms with E-state index in [2.05, 4.69) is 40.0 Å². The molecule has 0 fully saturated rings. The zero-order valence-corrected chi connectivity index (χ0v) is 14.3. The average Bonchev–Trinajstić information content (AvgIpc) is 3.13. The molecule has 0 saturated heterocycles. The number of thiophene rings is 1. The van der Waals surface area contributed by atoms with Crippen molar-refractivity contribution in [3.05, 3.63) is 34.2 Å². The lowest BCUT2D eigenvalue weighted by atomic mass is 10.1. The van der Waals surface area contributed by atoms with Crippen LogP contribution in [0, 0.1) is 0 Å². The molecule has 0 amide bonds. The normalized spacial score (nSPS) is 12.9. The second-order valence-electron chi connectivity index (χ2n) is 4.77. The van der Waals surface area contributed by atoms with Crippen molar-refractivity contribution in [3.63, 3.8) is 0 Å². The Hall–Kier alpha value is -1.01. The molecule has 1 aromatic carbocycles. The molecule has 3 aromatic rings. The summed E-state index contributed by atoms with van der Waals surface area (Å²) < 4.78 is 8.70. The van der Waals surface area contributed by atoms with Gasteiger partial charge in [-0.15, -0.1) is 11.3 Å². The summed E-state index contributed by atoms with van der Waals surface area (Å²) in [6.45, 7) is 5.30. The Labute approximate surface area is 137 Å². The third-order valence-electron chi connectivity index (χ3n) is 3.45. The van der Waals surface area contributed by atoms with Gasteiger partial charge in [-0.25, -0.2) is 0 Å². The van der Waals surface area contributed by atoms with E-state index < -0.39 is 0 Å². The first-order valence-corrected chi connectivity index (χ1v) is 8.91. The lowest BCUT2D eigenvalue weighted by molar-refractivity contribution is 0.545. The smallest absolute Gasteiger partial charge is 0.114 e. The summed E-state index contributed by atoms with van der Waals surface area (Å²) >= 11 is 9.42. The van der Waals surface area contributed by atoms with Gasteiger partial charge >= 0.3 is 0 Å². The molecule has 3 nitrogen and oxygen atoms in total. The Bertz CT molecular complexity index is 750. The highest BCUT2D eigenvalue weighted by molar-refractivity contribution is 7.15. The van der Waals surface area contributed by atoms with Crippen molar-refractivity contribution in [1.82, 2.24) is 14.1 Å². The number of fused-ring (bicyclic) bond motifs is 1. The van der Waals surface area contributed by atoms with Crippen molar-refractivity contribution in [3.8, 4) is 10.4 Å². The van der Waals surface area contributed by atoms with Crippen LogP contribution in [0.2, 0.25) is 5.02 Å². The largest absolute Gasteiger partial charge is 0.310 e. The Morgan fingerprint density at radius 2 is 2.05 bits per heavy atom. The van der Waals surface area contributed by atoms with Gasteiger partial charge < -0.3 is 5.32 Å². The third-order valence-corrected chi connectivity index (χ3v) is 5.53. The molecule has 1 N–H and O–H groups in total. The van der Waals surface area contributed by atoms with E-state index in [1.807, 2.05) is 12.1 Å². The Morgan fingerprint density at radius 1 is 1.19 bits per heavy atom. The molecule has 0 aliphatic heterocycles. The SMILES string of the molecule is CCNC(CC)c1ccc(-c2c(Cl)ccc3nsnc23)s1. The van der Waals surface area contributed by atoms with Gasteiger partial charge in [-0.1, -0.05) is 25.4 Å².